The lowest BCUT2D eigenvalue weighted by Gasteiger charge is -2.10. The van der Waals surface area contributed by atoms with E-state index >= 15 is 0 Å². The Morgan fingerprint density at radius 3 is 2.56 bits per heavy atom. The van der Waals surface area contributed by atoms with Crippen LogP contribution in [0.3, 0.4) is 0 Å². The van der Waals surface area contributed by atoms with Crippen LogP contribution in [0.5, 0.6) is 11.5 Å². The summed E-state index contributed by atoms with van der Waals surface area (Å²) in [5.41, 5.74) is -0.436. The van der Waals surface area contributed by atoms with Crippen molar-refractivity contribution in [3.05, 3.63) is 27.8 Å². The number of rotatable bonds is 5. The summed E-state index contributed by atoms with van der Waals surface area (Å²) in [7, 11) is 4.63. The smallest absolute Gasteiger partial charge is 0.311 e. The van der Waals surface area contributed by atoms with Crippen molar-refractivity contribution >= 4 is 11.5 Å². The van der Waals surface area contributed by atoms with Crippen molar-refractivity contribution in [2.24, 2.45) is 0 Å². The second kappa shape index (κ2) is 5.46. The lowest BCUT2D eigenvalue weighted by atomic mass is 10.1. The molecule has 98 valence electrons. The maximum Gasteiger partial charge on any atom is 0.311 e. The molecule has 1 aromatic carbocycles. The van der Waals surface area contributed by atoms with Crippen LogP contribution in [-0.2, 0) is 0 Å². The molecule has 1 N–H and O–H groups in total. The number of nitro benzene ring substituents is 1. The summed E-state index contributed by atoms with van der Waals surface area (Å²) >= 11 is 0. The van der Waals surface area contributed by atoms with Crippen molar-refractivity contribution in [1.29, 1.82) is 0 Å². The minimum Gasteiger partial charge on any atom is -0.507 e. The molecule has 1 rings (SSSR count). The van der Waals surface area contributed by atoms with E-state index in [1.54, 1.807) is 19.0 Å². The Labute approximate surface area is 104 Å². The monoisotopic (exact) mass is 254 g/mol. The van der Waals surface area contributed by atoms with Crippen molar-refractivity contribution in [3.63, 3.8) is 0 Å². The summed E-state index contributed by atoms with van der Waals surface area (Å²) in [4.78, 5) is 23.5. The molecule has 0 saturated carbocycles. The lowest BCUT2D eigenvalue weighted by Crippen LogP contribution is -2.21. The first-order valence-corrected chi connectivity index (χ1v) is 5.10. The van der Waals surface area contributed by atoms with Crippen LogP contribution >= 0.6 is 0 Å². The van der Waals surface area contributed by atoms with Crippen molar-refractivity contribution in [3.8, 4) is 11.5 Å². The topological polar surface area (TPSA) is 92.9 Å². The van der Waals surface area contributed by atoms with Gasteiger partial charge in [-0.3, -0.25) is 14.9 Å². The summed E-state index contributed by atoms with van der Waals surface area (Å²) < 4.78 is 4.78. The van der Waals surface area contributed by atoms with Crippen LogP contribution in [0, 0.1) is 10.1 Å². The SMILES string of the molecule is COc1cc(O)c(C(=O)CN(C)C)cc1[N+](=O)[O-]. The molecular weight excluding hydrogens is 240 g/mol. The number of nitrogens with zero attached hydrogens (tertiary/aromatic N) is 2. The second-order valence-corrected chi connectivity index (χ2v) is 3.96. The number of hydrogen-bond donors (Lipinski definition) is 1. The number of Topliss-reactive ketones (excluding diaryl/α,β-unsaturated/α-hetero) is 1. The van der Waals surface area contributed by atoms with Gasteiger partial charge in [0, 0.05) is 12.1 Å². The van der Waals surface area contributed by atoms with Gasteiger partial charge in [0.25, 0.3) is 0 Å². The molecular formula is C11H14N2O5. The normalized spacial score (nSPS) is 10.4. The molecule has 0 atom stereocenters. The highest BCUT2D eigenvalue weighted by atomic mass is 16.6. The third-order valence-electron chi connectivity index (χ3n) is 2.25. The Hall–Kier alpha value is -2.15. The number of methoxy groups -OCH3 is 1. The number of aromatic hydroxyl groups is 1. The van der Waals surface area contributed by atoms with Crippen molar-refractivity contribution in [2.45, 2.75) is 0 Å². The van der Waals surface area contributed by atoms with Gasteiger partial charge in [0.1, 0.15) is 5.75 Å². The Balaban J connectivity index is 3.25. The number of likely N-dealkylation sites (N-methyl/N-ethyl adjacent to an activating group) is 1. The summed E-state index contributed by atoms with van der Waals surface area (Å²) in [6.45, 7) is 0.0526. The van der Waals surface area contributed by atoms with E-state index in [9.17, 15) is 20.0 Å². The van der Waals surface area contributed by atoms with Crippen molar-refractivity contribution in [2.75, 3.05) is 27.7 Å². The number of phenolic OH excluding ortho intramolecular Hbond substituents is 1. The van der Waals surface area contributed by atoms with Gasteiger partial charge < -0.3 is 14.7 Å². The average Bonchev–Trinajstić information content (AvgIpc) is 2.26. The van der Waals surface area contributed by atoms with Gasteiger partial charge in [-0.25, -0.2) is 0 Å². The van der Waals surface area contributed by atoms with E-state index in [0.717, 1.165) is 12.1 Å². The standard InChI is InChI=1S/C11H14N2O5/c1-12(2)6-10(15)7-4-8(13(16)17)11(18-3)5-9(7)14/h4-5,14H,6H2,1-3H3. The molecule has 0 unspecified atom stereocenters. The van der Waals surface area contributed by atoms with Crippen LogP contribution < -0.4 is 4.74 Å². The maximum absolute atomic E-state index is 11.8. The highest BCUT2D eigenvalue weighted by molar-refractivity contribution is 6.01. The highest BCUT2D eigenvalue weighted by Gasteiger charge is 2.22. The predicted molar refractivity (Wildman–Crippen MR) is 64.2 cm³/mol. The summed E-state index contributed by atoms with van der Waals surface area (Å²) in [5.74, 6) is -0.813. The molecule has 0 saturated heterocycles. The molecule has 0 aliphatic rings. The van der Waals surface area contributed by atoms with Crippen LogP contribution in [0.1, 0.15) is 10.4 Å². The first kappa shape index (κ1) is 13.9. The van der Waals surface area contributed by atoms with Crippen LogP contribution in [-0.4, -0.2) is 48.5 Å². The van der Waals surface area contributed by atoms with Crippen molar-refractivity contribution < 1.29 is 19.6 Å². The average molecular weight is 254 g/mol. The molecule has 0 amide bonds. The lowest BCUT2D eigenvalue weighted by molar-refractivity contribution is -0.385. The summed E-state index contributed by atoms with van der Waals surface area (Å²) in [6.07, 6.45) is 0. The zero-order valence-corrected chi connectivity index (χ0v) is 10.3. The number of ketones is 1. The second-order valence-electron chi connectivity index (χ2n) is 3.96. The minimum atomic E-state index is -0.662. The Morgan fingerprint density at radius 1 is 1.50 bits per heavy atom. The van der Waals surface area contributed by atoms with Crippen LogP contribution in [0.15, 0.2) is 12.1 Å². The van der Waals surface area contributed by atoms with Crippen LogP contribution in [0.4, 0.5) is 5.69 Å². The molecule has 0 aromatic heterocycles. The van der Waals surface area contributed by atoms with E-state index < -0.39 is 10.7 Å². The molecule has 7 heteroatoms. The molecule has 0 fully saturated rings. The van der Waals surface area contributed by atoms with Gasteiger partial charge in [0.05, 0.1) is 24.1 Å². The van der Waals surface area contributed by atoms with E-state index in [4.69, 9.17) is 4.74 Å². The molecule has 18 heavy (non-hydrogen) atoms. The Morgan fingerprint density at radius 2 is 2.11 bits per heavy atom. The summed E-state index contributed by atoms with van der Waals surface area (Å²) in [5, 5.41) is 20.5. The number of benzene rings is 1. The van der Waals surface area contributed by atoms with Gasteiger partial charge in [-0.15, -0.1) is 0 Å². The highest BCUT2D eigenvalue weighted by Crippen LogP contribution is 2.33. The fourth-order valence-electron chi connectivity index (χ4n) is 1.46. The third-order valence-corrected chi connectivity index (χ3v) is 2.25. The number of carbonyl (C=O) groups is 1. The van der Waals surface area contributed by atoms with Crippen molar-refractivity contribution in [1.82, 2.24) is 4.90 Å². The van der Waals surface area contributed by atoms with Gasteiger partial charge in [-0.2, -0.15) is 0 Å². The molecule has 1 aromatic rings. The molecule has 0 aliphatic heterocycles. The number of nitro groups is 1. The number of hydrogen-bond acceptors (Lipinski definition) is 6. The van der Waals surface area contributed by atoms with E-state index in [1.807, 2.05) is 0 Å². The van der Waals surface area contributed by atoms with Crippen LogP contribution in [0.25, 0.3) is 0 Å². The Kier molecular flexibility index (Phi) is 4.22. The third kappa shape index (κ3) is 2.95. The van der Waals surface area contributed by atoms with Gasteiger partial charge >= 0.3 is 5.69 Å². The number of phenols is 1. The van der Waals surface area contributed by atoms with E-state index in [0.29, 0.717) is 0 Å². The van der Waals surface area contributed by atoms with E-state index in [1.165, 1.54) is 7.11 Å². The Bertz CT molecular complexity index is 485. The zero-order valence-electron chi connectivity index (χ0n) is 10.3. The molecule has 7 nitrogen and oxygen atoms in total. The largest absolute Gasteiger partial charge is 0.507 e. The van der Waals surface area contributed by atoms with E-state index in [2.05, 4.69) is 0 Å². The molecule has 0 spiro atoms. The van der Waals surface area contributed by atoms with Gasteiger partial charge in [0.15, 0.2) is 5.78 Å². The van der Waals surface area contributed by atoms with Crippen LogP contribution in [0.2, 0.25) is 0 Å². The van der Waals surface area contributed by atoms with Gasteiger partial charge in [0.2, 0.25) is 5.75 Å². The minimum absolute atomic E-state index is 0.0526. The molecule has 0 heterocycles. The first-order chi connectivity index (χ1) is 8.36. The fraction of sp³-hybridized carbons (Fsp3) is 0.364. The predicted octanol–water partition coefficient (Wildman–Crippen LogP) is 1.05. The number of carbonyl (C=O) groups excluding carboxylic acids is 1. The van der Waals surface area contributed by atoms with E-state index in [-0.39, 0.29) is 29.3 Å². The first-order valence-electron chi connectivity index (χ1n) is 5.10. The summed E-state index contributed by atoms with van der Waals surface area (Å²) in [6, 6.07) is 2.10. The molecule has 0 aliphatic carbocycles. The molecule has 0 radical (unpaired) electrons. The maximum atomic E-state index is 11.8. The quantitative estimate of drug-likeness (QED) is 0.479. The number of ether oxygens (including phenoxy) is 1. The van der Waals surface area contributed by atoms with Gasteiger partial charge in [-0.1, -0.05) is 0 Å². The fourth-order valence-corrected chi connectivity index (χ4v) is 1.46. The van der Waals surface area contributed by atoms with Gasteiger partial charge in [-0.05, 0) is 14.1 Å². The molecule has 0 bridgehead atoms. The zero-order chi connectivity index (χ0) is 13.9.